The number of rotatable bonds is 2. The normalized spacial score (nSPS) is 11.5. The summed E-state index contributed by atoms with van der Waals surface area (Å²) in [5.41, 5.74) is 2.19. The van der Waals surface area contributed by atoms with Gasteiger partial charge in [0, 0.05) is 24.2 Å². The smallest absolute Gasteiger partial charge is 0.235 e. The summed E-state index contributed by atoms with van der Waals surface area (Å²) in [6, 6.07) is 3.75. The maximum absolute atomic E-state index is 4.57. The van der Waals surface area contributed by atoms with Crippen LogP contribution in [0.2, 0.25) is 0 Å². The standard InChI is InChI=1S/C12H6N10S/c1-2-9-15-19-20-21(9)6-7(1)11-18-22-10(16-17-12(22)23-11)8-5-13-3-4-14-8/h1-6H. The van der Waals surface area contributed by atoms with Crippen LogP contribution in [0.15, 0.2) is 36.9 Å². The van der Waals surface area contributed by atoms with Crippen LogP contribution in [0, 0.1) is 0 Å². The van der Waals surface area contributed by atoms with Crippen LogP contribution < -0.4 is 0 Å². The fourth-order valence-electron chi connectivity index (χ4n) is 2.18. The van der Waals surface area contributed by atoms with Crippen molar-refractivity contribution in [2.75, 3.05) is 0 Å². The number of hydrogen-bond donors (Lipinski definition) is 0. The molecule has 0 saturated carbocycles. The first-order valence-corrected chi connectivity index (χ1v) is 7.37. The second-order valence-electron chi connectivity index (χ2n) is 4.62. The van der Waals surface area contributed by atoms with Crippen molar-refractivity contribution >= 4 is 21.9 Å². The Morgan fingerprint density at radius 1 is 1.04 bits per heavy atom. The average Bonchev–Trinajstić information content (AvgIpc) is 3.29. The molecule has 10 nitrogen and oxygen atoms in total. The van der Waals surface area contributed by atoms with E-state index in [0.29, 0.717) is 22.1 Å². The largest absolute Gasteiger partial charge is 0.261 e. The van der Waals surface area contributed by atoms with Crippen molar-refractivity contribution in [1.29, 1.82) is 0 Å². The number of pyridine rings is 1. The predicted molar refractivity (Wildman–Crippen MR) is 79.5 cm³/mol. The molecule has 0 atom stereocenters. The number of aromatic nitrogens is 10. The molecule has 0 spiro atoms. The highest BCUT2D eigenvalue weighted by Crippen LogP contribution is 2.27. The molecule has 0 aromatic carbocycles. The highest BCUT2D eigenvalue weighted by Gasteiger charge is 2.15. The summed E-state index contributed by atoms with van der Waals surface area (Å²) < 4.78 is 3.26. The number of fused-ring (bicyclic) bond motifs is 2. The lowest BCUT2D eigenvalue weighted by Gasteiger charge is -1.96. The summed E-state index contributed by atoms with van der Waals surface area (Å²) >= 11 is 1.43. The van der Waals surface area contributed by atoms with Crippen molar-refractivity contribution < 1.29 is 0 Å². The van der Waals surface area contributed by atoms with E-state index in [1.807, 2.05) is 18.3 Å². The lowest BCUT2D eigenvalue weighted by atomic mass is 10.3. The molecule has 5 heterocycles. The maximum atomic E-state index is 4.57. The van der Waals surface area contributed by atoms with Crippen LogP contribution in [-0.4, -0.2) is 49.8 Å². The van der Waals surface area contributed by atoms with Gasteiger partial charge in [-0.3, -0.25) is 4.98 Å². The van der Waals surface area contributed by atoms with E-state index in [1.54, 1.807) is 27.6 Å². The van der Waals surface area contributed by atoms with Gasteiger partial charge in [-0.15, -0.1) is 15.3 Å². The second-order valence-corrected chi connectivity index (χ2v) is 5.57. The zero-order valence-electron chi connectivity index (χ0n) is 11.3. The van der Waals surface area contributed by atoms with E-state index in [-0.39, 0.29) is 0 Å². The molecule has 0 amide bonds. The molecule has 0 saturated heterocycles. The summed E-state index contributed by atoms with van der Waals surface area (Å²) in [5, 5.41) is 25.0. The van der Waals surface area contributed by atoms with Crippen LogP contribution in [0.3, 0.4) is 0 Å². The SMILES string of the molecule is c1cnc(-c2nnc3sc(-c4ccc5nnnn5c4)nn23)cn1. The van der Waals surface area contributed by atoms with Crippen LogP contribution >= 0.6 is 11.3 Å². The Kier molecular flexibility index (Phi) is 2.43. The van der Waals surface area contributed by atoms with Gasteiger partial charge < -0.3 is 0 Å². The third-order valence-electron chi connectivity index (χ3n) is 3.22. The van der Waals surface area contributed by atoms with Gasteiger partial charge in [-0.1, -0.05) is 11.3 Å². The molecule has 0 unspecified atom stereocenters. The topological polar surface area (TPSA) is 112 Å². The monoisotopic (exact) mass is 322 g/mol. The lowest BCUT2D eigenvalue weighted by Crippen LogP contribution is -1.94. The Balaban J connectivity index is 1.67. The van der Waals surface area contributed by atoms with Crippen molar-refractivity contribution in [1.82, 2.24) is 49.8 Å². The Labute approximate surface area is 131 Å². The van der Waals surface area contributed by atoms with Gasteiger partial charge in [-0.05, 0) is 22.6 Å². The first-order valence-electron chi connectivity index (χ1n) is 6.55. The van der Waals surface area contributed by atoms with Gasteiger partial charge in [0.05, 0.1) is 6.20 Å². The van der Waals surface area contributed by atoms with E-state index in [2.05, 4.69) is 40.8 Å². The molecule has 5 aromatic rings. The van der Waals surface area contributed by atoms with Gasteiger partial charge in [0.15, 0.2) is 5.65 Å². The van der Waals surface area contributed by atoms with Crippen molar-refractivity contribution in [3.63, 3.8) is 0 Å². The summed E-state index contributed by atoms with van der Waals surface area (Å²) in [7, 11) is 0. The van der Waals surface area contributed by atoms with Crippen molar-refractivity contribution in [2.45, 2.75) is 0 Å². The van der Waals surface area contributed by atoms with E-state index in [4.69, 9.17) is 0 Å². The van der Waals surface area contributed by atoms with Gasteiger partial charge in [0.2, 0.25) is 10.8 Å². The number of nitrogens with zero attached hydrogens (tertiary/aromatic N) is 10. The van der Waals surface area contributed by atoms with Gasteiger partial charge in [-0.2, -0.15) is 14.1 Å². The third-order valence-corrected chi connectivity index (χ3v) is 4.17. The molecular weight excluding hydrogens is 316 g/mol. The molecule has 0 aliphatic rings. The minimum absolute atomic E-state index is 0.555. The molecule has 5 rings (SSSR count). The van der Waals surface area contributed by atoms with Crippen LogP contribution in [0.4, 0.5) is 0 Å². The zero-order valence-corrected chi connectivity index (χ0v) is 12.2. The fourth-order valence-corrected chi connectivity index (χ4v) is 3.01. The van der Waals surface area contributed by atoms with Crippen LogP contribution in [-0.2, 0) is 0 Å². The Morgan fingerprint density at radius 2 is 2.04 bits per heavy atom. The minimum Gasteiger partial charge on any atom is -0.261 e. The number of tetrazole rings is 1. The van der Waals surface area contributed by atoms with E-state index in [9.17, 15) is 0 Å². The molecular formula is C12H6N10S. The summed E-state index contributed by atoms with van der Waals surface area (Å²) in [6.07, 6.45) is 6.66. The average molecular weight is 322 g/mol. The van der Waals surface area contributed by atoms with E-state index >= 15 is 0 Å². The molecule has 23 heavy (non-hydrogen) atoms. The number of hydrogen-bond acceptors (Lipinski definition) is 9. The van der Waals surface area contributed by atoms with Gasteiger partial charge in [0.1, 0.15) is 10.7 Å². The minimum atomic E-state index is 0.555. The van der Waals surface area contributed by atoms with Gasteiger partial charge in [0.25, 0.3) is 0 Å². The maximum Gasteiger partial charge on any atom is 0.235 e. The van der Waals surface area contributed by atoms with E-state index in [1.165, 1.54) is 11.3 Å². The highest BCUT2D eigenvalue weighted by molar-refractivity contribution is 7.19. The molecule has 0 aliphatic heterocycles. The summed E-state index contributed by atoms with van der Waals surface area (Å²) in [5.74, 6) is 0.555. The molecule has 5 aromatic heterocycles. The molecule has 110 valence electrons. The Hall–Kier alpha value is -3.34. The molecule has 0 bridgehead atoms. The third kappa shape index (κ3) is 1.87. The van der Waals surface area contributed by atoms with Gasteiger partial charge >= 0.3 is 0 Å². The van der Waals surface area contributed by atoms with Crippen molar-refractivity contribution in [3.8, 4) is 22.1 Å². The Bertz CT molecular complexity index is 1120. The lowest BCUT2D eigenvalue weighted by molar-refractivity contribution is 0.823. The molecule has 11 heteroatoms. The Morgan fingerprint density at radius 3 is 2.96 bits per heavy atom. The highest BCUT2D eigenvalue weighted by atomic mass is 32.1. The van der Waals surface area contributed by atoms with Crippen LogP contribution in [0.5, 0.6) is 0 Å². The quantitative estimate of drug-likeness (QED) is 0.468. The van der Waals surface area contributed by atoms with E-state index < -0.39 is 0 Å². The predicted octanol–water partition coefficient (Wildman–Crippen LogP) is 0.747. The van der Waals surface area contributed by atoms with Crippen molar-refractivity contribution in [3.05, 3.63) is 36.9 Å². The van der Waals surface area contributed by atoms with E-state index in [0.717, 1.165) is 10.6 Å². The molecule has 0 N–H and O–H groups in total. The summed E-state index contributed by atoms with van der Waals surface area (Å²) in [4.78, 5) is 8.96. The first kappa shape index (κ1) is 12.2. The van der Waals surface area contributed by atoms with Crippen molar-refractivity contribution in [2.24, 2.45) is 0 Å². The molecule has 0 aliphatic carbocycles. The van der Waals surface area contributed by atoms with Gasteiger partial charge in [-0.25, -0.2) is 4.98 Å². The van der Waals surface area contributed by atoms with Crippen LogP contribution in [0.1, 0.15) is 0 Å². The molecule has 0 radical (unpaired) electrons. The zero-order chi connectivity index (χ0) is 15.2. The summed E-state index contributed by atoms with van der Waals surface area (Å²) in [6.45, 7) is 0. The first-order chi connectivity index (χ1) is 11.4. The second kappa shape index (κ2) is 4.58. The molecule has 0 fully saturated rings. The fraction of sp³-hybridized carbons (Fsp3) is 0. The van der Waals surface area contributed by atoms with Crippen LogP contribution in [0.25, 0.3) is 32.7 Å².